The van der Waals surface area contributed by atoms with Gasteiger partial charge in [-0.3, -0.25) is 19.5 Å². The van der Waals surface area contributed by atoms with Gasteiger partial charge >= 0.3 is 5.97 Å². The average Bonchev–Trinajstić information content (AvgIpc) is 3.36. The standard InChI is InChI=1S/C23H30N4O4/c1-5-12-24-22-25(6-2)14-16-17-18(23(3,27(16)22)21(30)31-4)20(29)26(19(17)28)13-15-10-8-7-9-11-15/h7-11,16-18H,5-6,12-14H2,1-4H3/t16-,17+,18-,23-/m1/s1. The number of imide groups is 1. The van der Waals surface area contributed by atoms with Crippen molar-refractivity contribution >= 4 is 23.7 Å². The van der Waals surface area contributed by atoms with Gasteiger partial charge in [0.25, 0.3) is 0 Å². The Labute approximate surface area is 182 Å². The van der Waals surface area contributed by atoms with Crippen LogP contribution in [0.25, 0.3) is 0 Å². The summed E-state index contributed by atoms with van der Waals surface area (Å²) < 4.78 is 5.18. The summed E-state index contributed by atoms with van der Waals surface area (Å²) in [7, 11) is 1.33. The van der Waals surface area contributed by atoms with Gasteiger partial charge in [0.15, 0.2) is 11.5 Å². The second-order valence-corrected chi connectivity index (χ2v) is 8.55. The number of carbonyl (C=O) groups is 3. The molecule has 1 aromatic rings. The van der Waals surface area contributed by atoms with E-state index in [1.54, 1.807) is 6.92 Å². The number of esters is 1. The quantitative estimate of drug-likeness (QED) is 0.507. The number of likely N-dealkylation sites (N-methyl/N-ethyl adjacent to an activating group) is 1. The van der Waals surface area contributed by atoms with Gasteiger partial charge in [0.2, 0.25) is 11.8 Å². The van der Waals surface area contributed by atoms with Crippen LogP contribution in [0.4, 0.5) is 0 Å². The van der Waals surface area contributed by atoms with Gasteiger partial charge in [0, 0.05) is 19.6 Å². The maximum absolute atomic E-state index is 13.6. The summed E-state index contributed by atoms with van der Waals surface area (Å²) in [6.07, 6.45) is 0.865. The van der Waals surface area contributed by atoms with Crippen molar-refractivity contribution in [3.63, 3.8) is 0 Å². The minimum absolute atomic E-state index is 0.212. The summed E-state index contributed by atoms with van der Waals surface area (Å²) in [5.41, 5.74) is -0.397. The third kappa shape index (κ3) is 3.03. The molecule has 3 saturated heterocycles. The fourth-order valence-corrected chi connectivity index (χ4v) is 5.41. The van der Waals surface area contributed by atoms with Gasteiger partial charge in [0.1, 0.15) is 0 Å². The van der Waals surface area contributed by atoms with Crippen molar-refractivity contribution in [2.75, 3.05) is 26.7 Å². The second-order valence-electron chi connectivity index (χ2n) is 8.55. The average molecular weight is 427 g/mol. The molecule has 31 heavy (non-hydrogen) atoms. The molecular formula is C23H30N4O4. The van der Waals surface area contributed by atoms with Crippen molar-refractivity contribution in [3.05, 3.63) is 35.9 Å². The zero-order valence-electron chi connectivity index (χ0n) is 18.6. The molecule has 0 radical (unpaired) electrons. The Morgan fingerprint density at radius 3 is 2.52 bits per heavy atom. The number of fused-ring (bicyclic) bond motifs is 3. The molecule has 3 aliphatic heterocycles. The normalized spacial score (nSPS) is 30.9. The highest BCUT2D eigenvalue weighted by Crippen LogP contribution is 2.52. The highest BCUT2D eigenvalue weighted by Gasteiger charge is 2.73. The molecule has 0 aromatic heterocycles. The number of amides is 2. The van der Waals surface area contributed by atoms with Crippen molar-refractivity contribution < 1.29 is 19.1 Å². The van der Waals surface area contributed by atoms with Crippen LogP contribution in [0.2, 0.25) is 0 Å². The van der Waals surface area contributed by atoms with Crippen LogP contribution in [0.3, 0.4) is 0 Å². The molecule has 8 heteroatoms. The molecule has 0 spiro atoms. The van der Waals surface area contributed by atoms with Crippen molar-refractivity contribution in [2.24, 2.45) is 16.8 Å². The molecular weight excluding hydrogens is 396 g/mol. The Kier molecular flexibility index (Phi) is 5.49. The monoisotopic (exact) mass is 426 g/mol. The molecule has 0 saturated carbocycles. The van der Waals surface area contributed by atoms with Gasteiger partial charge in [-0.05, 0) is 25.8 Å². The highest BCUT2D eigenvalue weighted by atomic mass is 16.5. The molecule has 4 atom stereocenters. The Hall–Kier alpha value is -2.90. The first-order valence-electron chi connectivity index (χ1n) is 11.0. The van der Waals surface area contributed by atoms with Gasteiger partial charge < -0.3 is 14.5 Å². The van der Waals surface area contributed by atoms with Crippen molar-refractivity contribution in [1.82, 2.24) is 14.7 Å². The number of nitrogens with zero attached hydrogens (tertiary/aromatic N) is 4. The van der Waals surface area contributed by atoms with Crippen LogP contribution in [0, 0.1) is 11.8 Å². The number of ether oxygens (including phenoxy) is 1. The van der Waals surface area contributed by atoms with E-state index < -0.39 is 23.3 Å². The molecule has 2 amide bonds. The summed E-state index contributed by atoms with van der Waals surface area (Å²) >= 11 is 0. The van der Waals surface area contributed by atoms with E-state index >= 15 is 0 Å². The Balaban J connectivity index is 1.77. The highest BCUT2D eigenvalue weighted by molar-refractivity contribution is 6.11. The maximum Gasteiger partial charge on any atom is 0.332 e. The van der Waals surface area contributed by atoms with Crippen LogP contribution >= 0.6 is 0 Å². The van der Waals surface area contributed by atoms with Crippen molar-refractivity contribution in [3.8, 4) is 0 Å². The van der Waals surface area contributed by atoms with E-state index in [1.807, 2.05) is 49.1 Å². The molecule has 8 nitrogen and oxygen atoms in total. The molecule has 1 aromatic carbocycles. The predicted octanol–water partition coefficient (Wildman–Crippen LogP) is 1.51. The smallest absolute Gasteiger partial charge is 0.332 e. The van der Waals surface area contributed by atoms with Crippen LogP contribution < -0.4 is 0 Å². The minimum atomic E-state index is -1.28. The number of methoxy groups -OCH3 is 1. The van der Waals surface area contributed by atoms with Gasteiger partial charge in [-0.25, -0.2) is 4.79 Å². The van der Waals surface area contributed by atoms with Crippen molar-refractivity contribution in [1.29, 1.82) is 0 Å². The third-order valence-corrected chi connectivity index (χ3v) is 6.84. The first kappa shape index (κ1) is 21.3. The lowest BCUT2D eigenvalue weighted by Gasteiger charge is -2.37. The van der Waals surface area contributed by atoms with E-state index in [0.29, 0.717) is 25.6 Å². The van der Waals surface area contributed by atoms with Crippen LogP contribution in [0.1, 0.15) is 32.8 Å². The Morgan fingerprint density at radius 1 is 1.19 bits per heavy atom. The summed E-state index contributed by atoms with van der Waals surface area (Å²) in [5, 5.41) is 0. The number of hydrogen-bond donors (Lipinski definition) is 0. The third-order valence-electron chi connectivity index (χ3n) is 6.84. The van der Waals surface area contributed by atoms with E-state index in [-0.39, 0.29) is 24.4 Å². The fourth-order valence-electron chi connectivity index (χ4n) is 5.41. The lowest BCUT2D eigenvalue weighted by atomic mass is 9.81. The molecule has 166 valence electrons. The van der Waals surface area contributed by atoms with Gasteiger partial charge in [0.05, 0.1) is 31.5 Å². The molecule has 0 bridgehead atoms. The number of benzene rings is 1. The van der Waals surface area contributed by atoms with E-state index in [2.05, 4.69) is 4.90 Å². The number of hydrogen-bond acceptors (Lipinski definition) is 5. The zero-order chi connectivity index (χ0) is 22.3. The van der Waals surface area contributed by atoms with Crippen molar-refractivity contribution in [2.45, 2.75) is 45.3 Å². The molecule has 3 heterocycles. The summed E-state index contributed by atoms with van der Waals surface area (Å²) in [4.78, 5) is 50.3. The number of carbonyl (C=O) groups excluding carboxylic acids is 3. The topological polar surface area (TPSA) is 82.5 Å². The second kappa shape index (κ2) is 7.98. The minimum Gasteiger partial charge on any atom is -0.467 e. The van der Waals surface area contributed by atoms with Crippen LogP contribution in [-0.4, -0.2) is 76.8 Å². The summed E-state index contributed by atoms with van der Waals surface area (Å²) in [6, 6.07) is 9.16. The SMILES string of the molecule is CCCN=C1N(CC)C[C@@H]2[C@@H]3C(=O)N(Cc4ccccc4)C(=O)[C@@H]3[C@](C)(C(=O)OC)N12. The zero-order valence-corrected chi connectivity index (χ0v) is 18.6. The fraction of sp³-hybridized carbons (Fsp3) is 0.565. The number of rotatable bonds is 6. The first-order valence-corrected chi connectivity index (χ1v) is 11.0. The molecule has 0 N–H and O–H groups in total. The lowest BCUT2D eigenvalue weighted by molar-refractivity contribution is -0.157. The van der Waals surface area contributed by atoms with Crippen LogP contribution in [0.5, 0.6) is 0 Å². The maximum atomic E-state index is 13.6. The van der Waals surface area contributed by atoms with Crippen LogP contribution in [-0.2, 0) is 25.7 Å². The van der Waals surface area contributed by atoms with E-state index in [9.17, 15) is 14.4 Å². The number of likely N-dealkylation sites (tertiary alicyclic amines) is 1. The first-order chi connectivity index (χ1) is 14.9. The molecule has 3 aliphatic rings. The van der Waals surface area contributed by atoms with Gasteiger partial charge in [-0.1, -0.05) is 37.3 Å². The largest absolute Gasteiger partial charge is 0.467 e. The van der Waals surface area contributed by atoms with Crippen LogP contribution in [0.15, 0.2) is 35.3 Å². The van der Waals surface area contributed by atoms with E-state index in [4.69, 9.17) is 9.73 Å². The number of aliphatic imine (C=N–C) groups is 1. The molecule has 0 unspecified atom stereocenters. The molecule has 4 rings (SSSR count). The van der Waals surface area contributed by atoms with Gasteiger partial charge in [-0.15, -0.1) is 0 Å². The Bertz CT molecular complexity index is 917. The predicted molar refractivity (Wildman–Crippen MR) is 115 cm³/mol. The Morgan fingerprint density at radius 2 is 1.90 bits per heavy atom. The number of guanidine groups is 1. The summed E-state index contributed by atoms with van der Waals surface area (Å²) in [5.74, 6) is -1.72. The molecule has 0 aliphatic carbocycles. The summed E-state index contributed by atoms with van der Waals surface area (Å²) in [6.45, 7) is 7.90. The van der Waals surface area contributed by atoms with E-state index in [1.165, 1.54) is 12.0 Å². The van der Waals surface area contributed by atoms with E-state index in [0.717, 1.165) is 12.0 Å². The molecule has 3 fully saturated rings. The lowest BCUT2D eigenvalue weighted by Crippen LogP contribution is -2.58. The van der Waals surface area contributed by atoms with Gasteiger partial charge in [-0.2, -0.15) is 0 Å².